The Morgan fingerprint density at radius 3 is 1.26 bits per heavy atom. The highest BCUT2D eigenvalue weighted by Crippen LogP contribution is 2.17. The summed E-state index contributed by atoms with van der Waals surface area (Å²) in [5.41, 5.74) is 12.5. The van der Waals surface area contributed by atoms with Gasteiger partial charge in [0.05, 0.1) is 0 Å². The number of halogens is 2. The highest BCUT2D eigenvalue weighted by Gasteiger charge is 2.01. The number of nitrogens with two attached hydrogens (primary N) is 2. The van der Waals surface area contributed by atoms with Crippen LogP contribution >= 0.6 is 24.8 Å². The molecule has 23 heavy (non-hydrogen) atoms. The van der Waals surface area contributed by atoms with Crippen LogP contribution in [0.25, 0.3) is 0 Å². The third kappa shape index (κ3) is 6.90. The Hall–Kier alpha value is -2.44. The van der Waals surface area contributed by atoms with Crippen molar-refractivity contribution in [3.63, 3.8) is 0 Å². The first-order valence-corrected chi connectivity index (χ1v) is 6.24. The van der Waals surface area contributed by atoms with E-state index in [0.29, 0.717) is 11.5 Å². The van der Waals surface area contributed by atoms with E-state index in [-0.39, 0.29) is 36.9 Å². The van der Waals surface area contributed by atoms with Gasteiger partial charge in [0.15, 0.2) is 0 Å². The van der Waals surface area contributed by atoms with Gasteiger partial charge in [-0.2, -0.15) is 0 Å². The molecule has 0 spiro atoms. The third-order valence-corrected chi connectivity index (χ3v) is 2.71. The predicted molar refractivity (Wildman–Crippen MR) is 95.3 cm³/mol. The molecule has 2 aromatic carbocycles. The molecule has 8 heteroatoms. The second-order valence-corrected chi connectivity index (χ2v) is 4.40. The van der Waals surface area contributed by atoms with Crippen LogP contribution in [0.15, 0.2) is 48.5 Å². The van der Waals surface area contributed by atoms with Crippen molar-refractivity contribution in [3.05, 3.63) is 59.7 Å². The van der Waals surface area contributed by atoms with Gasteiger partial charge < -0.3 is 20.9 Å². The summed E-state index contributed by atoms with van der Waals surface area (Å²) in [5.74, 6) is 1.08. The van der Waals surface area contributed by atoms with Crippen LogP contribution in [0.5, 0.6) is 11.5 Å². The Labute approximate surface area is 146 Å². The van der Waals surface area contributed by atoms with Crippen LogP contribution in [0.2, 0.25) is 0 Å². The Kier molecular flexibility index (Phi) is 8.54. The van der Waals surface area contributed by atoms with Gasteiger partial charge in [0.25, 0.3) is 12.0 Å². The largest absolute Gasteiger partial charge is 0.426 e. The van der Waals surface area contributed by atoms with Crippen LogP contribution in [0.1, 0.15) is 11.1 Å². The SMILES string of the molecule is Cl.Cl.N=C(N)Oc1ccc(Cc2ccc(OC(=N)N)cc2)cc1. The van der Waals surface area contributed by atoms with E-state index in [4.69, 9.17) is 31.8 Å². The highest BCUT2D eigenvalue weighted by molar-refractivity contribution is 5.85. The second kappa shape index (κ2) is 9.55. The van der Waals surface area contributed by atoms with Crippen LogP contribution in [0.4, 0.5) is 0 Å². The van der Waals surface area contributed by atoms with E-state index in [2.05, 4.69) is 0 Å². The Balaban J connectivity index is 0.00000242. The van der Waals surface area contributed by atoms with E-state index in [1.165, 1.54) is 0 Å². The number of amidine groups is 2. The number of nitrogens with one attached hydrogen (secondary N) is 2. The smallest absolute Gasteiger partial charge is 0.284 e. The molecule has 0 amide bonds. The molecule has 0 aliphatic rings. The molecule has 0 aliphatic carbocycles. The van der Waals surface area contributed by atoms with Crippen molar-refractivity contribution in [1.82, 2.24) is 0 Å². The first-order chi connectivity index (χ1) is 10.0. The van der Waals surface area contributed by atoms with E-state index in [0.717, 1.165) is 17.5 Å². The minimum Gasteiger partial charge on any atom is -0.426 e. The van der Waals surface area contributed by atoms with Crippen LogP contribution < -0.4 is 20.9 Å². The summed E-state index contributed by atoms with van der Waals surface area (Å²) >= 11 is 0. The topological polar surface area (TPSA) is 118 Å². The van der Waals surface area contributed by atoms with Crippen LogP contribution in [0, 0.1) is 10.8 Å². The van der Waals surface area contributed by atoms with Crippen molar-refractivity contribution in [2.45, 2.75) is 6.42 Å². The zero-order chi connectivity index (χ0) is 15.2. The van der Waals surface area contributed by atoms with Crippen molar-refractivity contribution in [2.75, 3.05) is 0 Å². The summed E-state index contributed by atoms with van der Waals surface area (Å²) < 4.78 is 9.97. The van der Waals surface area contributed by atoms with Gasteiger partial charge in [-0.3, -0.25) is 10.8 Å². The predicted octanol–water partition coefficient (Wildman–Crippen LogP) is 2.67. The molecule has 0 radical (unpaired) electrons. The fourth-order valence-electron chi connectivity index (χ4n) is 1.84. The normalized spacial score (nSPS) is 9.04. The fourth-order valence-corrected chi connectivity index (χ4v) is 1.84. The van der Waals surface area contributed by atoms with Crippen molar-refractivity contribution in [2.24, 2.45) is 11.5 Å². The maximum atomic E-state index is 7.05. The lowest BCUT2D eigenvalue weighted by atomic mass is 10.0. The maximum Gasteiger partial charge on any atom is 0.284 e. The summed E-state index contributed by atoms with van der Waals surface area (Å²) in [6.07, 6.45) is 0.751. The monoisotopic (exact) mass is 356 g/mol. The number of hydrogen-bond donors (Lipinski definition) is 4. The van der Waals surface area contributed by atoms with E-state index < -0.39 is 0 Å². The van der Waals surface area contributed by atoms with Gasteiger partial charge in [0.2, 0.25) is 0 Å². The Morgan fingerprint density at radius 2 is 1.00 bits per heavy atom. The molecular weight excluding hydrogens is 339 g/mol. The van der Waals surface area contributed by atoms with Crippen LogP contribution in [-0.4, -0.2) is 12.0 Å². The fraction of sp³-hybridized carbons (Fsp3) is 0.0667. The number of rotatable bonds is 4. The molecule has 0 unspecified atom stereocenters. The lowest BCUT2D eigenvalue weighted by molar-refractivity contribution is 0.537. The molecule has 0 aliphatic heterocycles. The average molecular weight is 357 g/mol. The van der Waals surface area contributed by atoms with Gasteiger partial charge in [0.1, 0.15) is 11.5 Å². The van der Waals surface area contributed by atoms with Gasteiger partial charge in [-0.15, -0.1) is 24.8 Å². The van der Waals surface area contributed by atoms with Crippen LogP contribution in [0.3, 0.4) is 0 Å². The van der Waals surface area contributed by atoms with Gasteiger partial charge in [0, 0.05) is 0 Å². The van der Waals surface area contributed by atoms with Gasteiger partial charge >= 0.3 is 0 Å². The lowest BCUT2D eigenvalue weighted by Gasteiger charge is -2.06. The molecule has 0 saturated heterocycles. The molecule has 0 heterocycles. The first-order valence-electron chi connectivity index (χ1n) is 6.24. The zero-order valence-electron chi connectivity index (χ0n) is 12.1. The molecule has 0 aromatic heterocycles. The van der Waals surface area contributed by atoms with Crippen molar-refractivity contribution < 1.29 is 9.47 Å². The number of ether oxygens (including phenoxy) is 2. The van der Waals surface area contributed by atoms with E-state index in [1.54, 1.807) is 24.3 Å². The Bertz CT molecular complexity index is 588. The number of hydrogen-bond acceptors (Lipinski definition) is 4. The summed E-state index contributed by atoms with van der Waals surface area (Å²) in [7, 11) is 0. The highest BCUT2D eigenvalue weighted by atomic mass is 35.5. The molecule has 0 fully saturated rings. The van der Waals surface area contributed by atoms with E-state index in [9.17, 15) is 0 Å². The number of benzene rings is 2. The molecule has 0 saturated carbocycles. The van der Waals surface area contributed by atoms with Gasteiger partial charge in [-0.25, -0.2) is 0 Å². The Morgan fingerprint density at radius 1 is 0.696 bits per heavy atom. The summed E-state index contributed by atoms with van der Waals surface area (Å²) in [4.78, 5) is 0. The molecule has 0 atom stereocenters. The van der Waals surface area contributed by atoms with Crippen molar-refractivity contribution in [1.29, 1.82) is 10.8 Å². The molecule has 2 rings (SSSR count). The average Bonchev–Trinajstić information content (AvgIpc) is 2.42. The zero-order valence-corrected chi connectivity index (χ0v) is 13.7. The minimum atomic E-state index is -0.330. The van der Waals surface area contributed by atoms with Gasteiger partial charge in [-0.05, 0) is 41.8 Å². The van der Waals surface area contributed by atoms with Crippen molar-refractivity contribution >= 4 is 36.9 Å². The van der Waals surface area contributed by atoms with E-state index >= 15 is 0 Å². The summed E-state index contributed by atoms with van der Waals surface area (Å²) in [6, 6.07) is 14.1. The molecule has 6 N–H and O–H groups in total. The quantitative estimate of drug-likeness (QED) is 0.497. The van der Waals surface area contributed by atoms with Crippen LogP contribution in [-0.2, 0) is 6.42 Å². The van der Waals surface area contributed by atoms with Crippen molar-refractivity contribution in [3.8, 4) is 11.5 Å². The molecule has 6 nitrogen and oxygen atoms in total. The van der Waals surface area contributed by atoms with E-state index in [1.807, 2.05) is 24.3 Å². The third-order valence-electron chi connectivity index (χ3n) is 2.71. The minimum absolute atomic E-state index is 0. The molecule has 0 bridgehead atoms. The maximum absolute atomic E-state index is 7.05. The second-order valence-electron chi connectivity index (χ2n) is 4.40. The summed E-state index contributed by atoms with van der Waals surface area (Å²) in [5, 5.41) is 14.1. The molecular formula is C15H18Cl2N4O2. The standard InChI is InChI=1S/C15H16N4O2.2ClH/c16-14(17)20-12-5-1-10(2-6-12)9-11-3-7-13(8-4-11)21-15(18)19;;/h1-8H,9H2,(H3,16,17)(H3,18,19);2*1H. The first kappa shape index (κ1) is 20.6. The lowest BCUT2D eigenvalue weighted by Crippen LogP contribution is -2.17. The molecule has 124 valence electrons. The van der Waals surface area contributed by atoms with Gasteiger partial charge in [-0.1, -0.05) is 24.3 Å². The molecule has 2 aromatic rings. The summed E-state index contributed by atoms with van der Waals surface area (Å²) in [6.45, 7) is 0.